The van der Waals surface area contributed by atoms with Crippen LogP contribution >= 0.6 is 11.6 Å². The maximum Gasteiger partial charge on any atom is 0.246 e. The summed E-state index contributed by atoms with van der Waals surface area (Å²) in [5, 5.41) is 0.612. The van der Waals surface area contributed by atoms with Crippen LogP contribution in [0.15, 0.2) is 48.5 Å². The molecule has 0 aliphatic carbocycles. The molecule has 0 unspecified atom stereocenters. The molecule has 2 amide bonds. The molecule has 0 bridgehead atoms. The van der Waals surface area contributed by atoms with Gasteiger partial charge in [-0.15, -0.1) is 0 Å². The topological polar surface area (TPSA) is 86.9 Å². The van der Waals surface area contributed by atoms with E-state index in [1.54, 1.807) is 12.1 Å². The lowest BCUT2D eigenvalue weighted by Gasteiger charge is -2.21. The first-order valence-electron chi connectivity index (χ1n) is 8.72. The molecule has 0 radical (unpaired) electrons. The van der Waals surface area contributed by atoms with Gasteiger partial charge in [-0.25, -0.2) is 4.98 Å². The van der Waals surface area contributed by atoms with Crippen molar-refractivity contribution in [3.05, 3.63) is 64.9 Å². The number of hydrogen-bond donors (Lipinski definition) is 3. The number of carbonyl (C=O) groups is 2. The van der Waals surface area contributed by atoms with E-state index in [-0.39, 0.29) is 24.2 Å². The third-order valence-corrected chi connectivity index (χ3v) is 4.52. The lowest BCUT2D eigenvalue weighted by molar-refractivity contribution is -0.130. The van der Waals surface area contributed by atoms with Crippen LogP contribution in [0.1, 0.15) is 31.2 Å². The molecule has 7 heteroatoms. The zero-order chi connectivity index (χ0) is 19.4. The summed E-state index contributed by atoms with van der Waals surface area (Å²) >= 11 is 5.92. The molecule has 1 aromatic heterocycles. The average molecular weight is 385 g/mol. The smallest absolute Gasteiger partial charge is 0.246 e. The Morgan fingerprint density at radius 2 is 1.78 bits per heavy atom. The fourth-order valence-electron chi connectivity index (χ4n) is 3.00. The van der Waals surface area contributed by atoms with Gasteiger partial charge in [-0.3, -0.25) is 20.4 Å². The van der Waals surface area contributed by atoms with Crippen molar-refractivity contribution in [3.63, 3.8) is 0 Å². The van der Waals surface area contributed by atoms with Crippen LogP contribution in [0.3, 0.4) is 0 Å². The molecule has 140 valence electrons. The Morgan fingerprint density at radius 1 is 1.07 bits per heavy atom. The summed E-state index contributed by atoms with van der Waals surface area (Å²) in [5.41, 5.74) is 7.50. The number of nitrogens with zero attached hydrogens (tertiary/aromatic N) is 1. The first-order chi connectivity index (χ1) is 12.9. The average Bonchev–Trinajstić information content (AvgIpc) is 3.03. The number of nitrogens with one attached hydrogen (secondary N) is 3. The van der Waals surface area contributed by atoms with Crippen LogP contribution in [0, 0.1) is 5.92 Å². The second-order valence-corrected chi connectivity index (χ2v) is 7.12. The number of aromatic amines is 1. The number of halogens is 1. The number of imidazole rings is 1. The van der Waals surface area contributed by atoms with Gasteiger partial charge in [0.25, 0.3) is 0 Å². The van der Waals surface area contributed by atoms with Crippen molar-refractivity contribution in [1.82, 2.24) is 20.8 Å². The van der Waals surface area contributed by atoms with Crippen LogP contribution in [0.25, 0.3) is 11.0 Å². The summed E-state index contributed by atoms with van der Waals surface area (Å²) in [6, 6.07) is 14.7. The van der Waals surface area contributed by atoms with E-state index in [9.17, 15) is 9.59 Å². The van der Waals surface area contributed by atoms with Crippen LogP contribution in [0.5, 0.6) is 0 Å². The van der Waals surface area contributed by atoms with Crippen molar-refractivity contribution in [3.8, 4) is 0 Å². The van der Waals surface area contributed by atoms with Crippen LogP contribution in [-0.4, -0.2) is 21.8 Å². The minimum Gasteiger partial charge on any atom is -0.342 e. The minimum atomic E-state index is -0.395. The number of para-hydroxylation sites is 2. The molecule has 0 fully saturated rings. The van der Waals surface area contributed by atoms with Gasteiger partial charge in [0.05, 0.1) is 23.4 Å². The van der Waals surface area contributed by atoms with Crippen molar-refractivity contribution in [2.24, 2.45) is 5.92 Å². The van der Waals surface area contributed by atoms with Crippen molar-refractivity contribution < 1.29 is 9.59 Å². The van der Waals surface area contributed by atoms with Gasteiger partial charge in [0.1, 0.15) is 5.82 Å². The number of carbonyl (C=O) groups excluding carboxylic acids is 2. The number of hydrogen-bond acceptors (Lipinski definition) is 3. The minimum absolute atomic E-state index is 0.0439. The molecule has 0 spiro atoms. The molecule has 2 aromatic carbocycles. The zero-order valence-electron chi connectivity index (χ0n) is 15.1. The molecule has 27 heavy (non-hydrogen) atoms. The zero-order valence-corrected chi connectivity index (χ0v) is 15.9. The molecule has 1 atom stereocenters. The number of rotatable bonds is 5. The predicted molar refractivity (Wildman–Crippen MR) is 105 cm³/mol. The number of aromatic nitrogens is 2. The Morgan fingerprint density at radius 3 is 2.44 bits per heavy atom. The van der Waals surface area contributed by atoms with E-state index in [1.165, 1.54) is 0 Å². The van der Waals surface area contributed by atoms with E-state index in [4.69, 9.17) is 11.6 Å². The Kier molecular flexibility index (Phi) is 5.76. The van der Waals surface area contributed by atoms with E-state index in [0.29, 0.717) is 10.8 Å². The van der Waals surface area contributed by atoms with Gasteiger partial charge < -0.3 is 4.98 Å². The number of H-pyrrole nitrogens is 1. The van der Waals surface area contributed by atoms with Crippen LogP contribution in [-0.2, 0) is 16.0 Å². The van der Waals surface area contributed by atoms with Gasteiger partial charge in [-0.2, -0.15) is 0 Å². The lowest BCUT2D eigenvalue weighted by Crippen LogP contribution is -2.45. The SMILES string of the molecule is CC(C)[C@H](C(=O)NNC(=O)Cc1nc2ccccc2[nH]1)c1ccc(Cl)cc1. The fourth-order valence-corrected chi connectivity index (χ4v) is 3.13. The highest BCUT2D eigenvalue weighted by atomic mass is 35.5. The Labute approximate surface area is 162 Å². The standard InChI is InChI=1S/C20H21ClN4O2/c1-12(2)19(13-7-9-14(21)10-8-13)20(27)25-24-18(26)11-17-22-15-5-3-4-6-16(15)23-17/h3-10,12,19H,11H2,1-2H3,(H,22,23)(H,24,26)(H,25,27)/t19-/m0/s1. The monoisotopic (exact) mass is 384 g/mol. The summed E-state index contributed by atoms with van der Waals surface area (Å²) in [7, 11) is 0. The number of hydrazine groups is 1. The molecule has 0 aliphatic heterocycles. The van der Waals surface area contributed by atoms with E-state index in [1.807, 2.05) is 50.2 Å². The Hall–Kier alpha value is -2.86. The van der Waals surface area contributed by atoms with Crippen molar-refractivity contribution in [1.29, 1.82) is 0 Å². The maximum atomic E-state index is 12.6. The molecule has 3 N–H and O–H groups in total. The summed E-state index contributed by atoms with van der Waals surface area (Å²) < 4.78 is 0. The largest absolute Gasteiger partial charge is 0.342 e. The number of fused-ring (bicyclic) bond motifs is 1. The van der Waals surface area contributed by atoms with Gasteiger partial charge in [0.2, 0.25) is 11.8 Å². The van der Waals surface area contributed by atoms with E-state index < -0.39 is 5.92 Å². The summed E-state index contributed by atoms with van der Waals surface area (Å²) in [6.45, 7) is 3.91. The molecular weight excluding hydrogens is 364 g/mol. The number of amides is 2. The van der Waals surface area contributed by atoms with Crippen LogP contribution in [0.2, 0.25) is 5.02 Å². The van der Waals surface area contributed by atoms with Crippen LogP contribution in [0.4, 0.5) is 0 Å². The van der Waals surface area contributed by atoms with Gasteiger partial charge in [0.15, 0.2) is 0 Å². The summed E-state index contributed by atoms with van der Waals surface area (Å²) in [4.78, 5) is 32.2. The molecular formula is C20H21ClN4O2. The third kappa shape index (κ3) is 4.65. The second kappa shape index (κ2) is 8.22. The quantitative estimate of drug-likeness (QED) is 0.589. The van der Waals surface area contributed by atoms with Crippen molar-refractivity contribution in [2.75, 3.05) is 0 Å². The third-order valence-electron chi connectivity index (χ3n) is 4.27. The lowest BCUT2D eigenvalue weighted by atomic mass is 9.88. The molecule has 0 aliphatic rings. The fraction of sp³-hybridized carbons (Fsp3) is 0.250. The van der Waals surface area contributed by atoms with Gasteiger partial charge in [-0.05, 0) is 35.7 Å². The molecule has 1 heterocycles. The first kappa shape index (κ1) is 18.9. The summed E-state index contributed by atoms with van der Waals surface area (Å²) in [5.74, 6) is -0.417. The van der Waals surface area contributed by atoms with E-state index >= 15 is 0 Å². The highest BCUT2D eigenvalue weighted by Crippen LogP contribution is 2.25. The van der Waals surface area contributed by atoms with Crippen LogP contribution < -0.4 is 10.9 Å². The Bertz CT molecular complexity index is 917. The highest BCUT2D eigenvalue weighted by Gasteiger charge is 2.24. The van der Waals surface area contributed by atoms with Gasteiger partial charge in [-0.1, -0.05) is 49.7 Å². The highest BCUT2D eigenvalue weighted by molar-refractivity contribution is 6.30. The summed E-state index contributed by atoms with van der Waals surface area (Å²) in [6.07, 6.45) is 0.0439. The first-order valence-corrected chi connectivity index (χ1v) is 9.09. The van der Waals surface area contributed by atoms with Crippen molar-refractivity contribution >= 4 is 34.4 Å². The molecule has 0 saturated heterocycles. The molecule has 3 aromatic rings. The predicted octanol–water partition coefficient (Wildman–Crippen LogP) is 3.35. The molecule has 3 rings (SSSR count). The maximum absolute atomic E-state index is 12.6. The van der Waals surface area contributed by atoms with Gasteiger partial charge >= 0.3 is 0 Å². The van der Waals surface area contributed by atoms with Gasteiger partial charge in [0, 0.05) is 5.02 Å². The molecule has 0 saturated carbocycles. The van der Waals surface area contributed by atoms with E-state index in [2.05, 4.69) is 20.8 Å². The Balaban J connectivity index is 1.60. The van der Waals surface area contributed by atoms with Crippen molar-refractivity contribution in [2.45, 2.75) is 26.2 Å². The second-order valence-electron chi connectivity index (χ2n) is 6.69. The normalized spacial score (nSPS) is 12.1. The molecule has 6 nitrogen and oxygen atoms in total. The van der Waals surface area contributed by atoms with E-state index in [0.717, 1.165) is 16.6 Å². The number of benzene rings is 2.